The van der Waals surface area contributed by atoms with Gasteiger partial charge in [-0.25, -0.2) is 4.79 Å². The normalized spacial score (nSPS) is 12.0. The lowest BCUT2D eigenvalue weighted by atomic mass is 10.1. The van der Waals surface area contributed by atoms with E-state index in [4.69, 9.17) is 16.3 Å². The number of nitrogens with one attached hydrogen (secondary N) is 1. The van der Waals surface area contributed by atoms with E-state index in [2.05, 4.69) is 26.3 Å². The molecule has 1 heterocycles. The largest absolute Gasteiger partial charge is 0.441 e. The number of carbonyl (C=O) groups excluding carboxylic acids is 1. The van der Waals surface area contributed by atoms with Gasteiger partial charge in [-0.1, -0.05) is 29.8 Å². The van der Waals surface area contributed by atoms with Gasteiger partial charge < -0.3 is 4.74 Å². The number of nitrogens with zero attached hydrogens (tertiary/aromatic N) is 2. The molecule has 1 N–H and O–H groups in total. The highest BCUT2D eigenvalue weighted by atomic mass is 79.9. The number of rotatable bonds is 3. The van der Waals surface area contributed by atoms with Crippen LogP contribution >= 0.6 is 27.5 Å². The molecular weight excluding hydrogens is 346 g/mol. The van der Waals surface area contributed by atoms with E-state index >= 15 is 0 Å². The van der Waals surface area contributed by atoms with Crippen molar-refractivity contribution in [3.8, 4) is 0 Å². The third kappa shape index (κ3) is 3.32. The highest BCUT2D eigenvalue weighted by Crippen LogP contribution is 2.26. The molecule has 5 nitrogen and oxygen atoms in total. The molecule has 0 aliphatic carbocycles. The Labute approximate surface area is 130 Å². The summed E-state index contributed by atoms with van der Waals surface area (Å²) in [7, 11) is 1.72. The Kier molecular flexibility index (Phi) is 4.67. The van der Waals surface area contributed by atoms with Crippen molar-refractivity contribution in [2.75, 3.05) is 5.32 Å². The molecule has 0 saturated carbocycles. The highest BCUT2D eigenvalue weighted by Gasteiger charge is 2.16. The Bertz CT molecular complexity index is 610. The Hall–Kier alpha value is -1.53. The van der Waals surface area contributed by atoms with Crippen molar-refractivity contribution >= 4 is 39.4 Å². The lowest BCUT2D eigenvalue weighted by molar-refractivity contribution is 0.121. The predicted molar refractivity (Wildman–Crippen MR) is 80.9 cm³/mol. The average molecular weight is 359 g/mol. The zero-order valence-corrected chi connectivity index (χ0v) is 13.3. The smallest absolute Gasteiger partial charge is 0.413 e. The molecule has 0 bridgehead atoms. The van der Waals surface area contributed by atoms with Crippen molar-refractivity contribution in [3.63, 3.8) is 0 Å². The molecule has 0 radical (unpaired) electrons. The number of hydrogen-bond donors (Lipinski definition) is 1. The zero-order chi connectivity index (χ0) is 14.7. The number of anilines is 1. The monoisotopic (exact) mass is 357 g/mol. The number of ether oxygens (including phenoxy) is 1. The third-order valence-electron chi connectivity index (χ3n) is 2.74. The van der Waals surface area contributed by atoms with Gasteiger partial charge in [0, 0.05) is 17.6 Å². The first-order chi connectivity index (χ1) is 9.49. The average Bonchev–Trinajstić information content (AvgIpc) is 2.71. The Balaban J connectivity index is 2.04. The number of halogens is 2. The molecule has 1 amide bonds. The van der Waals surface area contributed by atoms with Crippen LogP contribution in [0.3, 0.4) is 0 Å². The van der Waals surface area contributed by atoms with Gasteiger partial charge in [-0.2, -0.15) is 5.10 Å². The summed E-state index contributed by atoms with van der Waals surface area (Å²) in [5.41, 5.74) is 0.758. The van der Waals surface area contributed by atoms with Gasteiger partial charge in [0.25, 0.3) is 0 Å². The fourth-order valence-electron chi connectivity index (χ4n) is 1.71. The number of amides is 1. The van der Waals surface area contributed by atoms with Crippen LogP contribution in [0.2, 0.25) is 5.02 Å². The topological polar surface area (TPSA) is 56.1 Å². The molecule has 7 heteroatoms. The molecule has 20 heavy (non-hydrogen) atoms. The van der Waals surface area contributed by atoms with E-state index in [1.54, 1.807) is 26.2 Å². The maximum Gasteiger partial charge on any atom is 0.413 e. The minimum absolute atomic E-state index is 0.448. The number of hydrogen-bond acceptors (Lipinski definition) is 3. The van der Waals surface area contributed by atoms with E-state index in [-0.39, 0.29) is 0 Å². The van der Waals surface area contributed by atoms with Gasteiger partial charge in [0.05, 0.1) is 10.7 Å². The Morgan fingerprint density at radius 1 is 1.50 bits per heavy atom. The summed E-state index contributed by atoms with van der Waals surface area (Å²) in [6, 6.07) is 7.24. The molecule has 1 atom stereocenters. The first-order valence-electron chi connectivity index (χ1n) is 5.88. The lowest BCUT2D eigenvalue weighted by Crippen LogP contribution is -2.18. The minimum Gasteiger partial charge on any atom is -0.441 e. The van der Waals surface area contributed by atoms with Crippen molar-refractivity contribution in [1.82, 2.24) is 9.78 Å². The van der Waals surface area contributed by atoms with Crippen LogP contribution in [-0.4, -0.2) is 15.9 Å². The van der Waals surface area contributed by atoms with Crippen molar-refractivity contribution < 1.29 is 9.53 Å². The van der Waals surface area contributed by atoms with E-state index < -0.39 is 12.2 Å². The summed E-state index contributed by atoms with van der Waals surface area (Å²) in [5, 5.41) is 7.19. The fraction of sp³-hybridized carbons (Fsp3) is 0.231. The van der Waals surface area contributed by atoms with Crippen LogP contribution in [-0.2, 0) is 11.8 Å². The zero-order valence-electron chi connectivity index (χ0n) is 10.9. The Morgan fingerprint density at radius 3 is 2.80 bits per heavy atom. The first-order valence-corrected chi connectivity index (χ1v) is 7.05. The maximum atomic E-state index is 11.9. The van der Waals surface area contributed by atoms with E-state index in [1.165, 1.54) is 4.68 Å². The molecule has 2 aromatic rings. The molecule has 0 saturated heterocycles. The summed E-state index contributed by atoms with van der Waals surface area (Å²) in [4.78, 5) is 11.9. The summed E-state index contributed by atoms with van der Waals surface area (Å²) in [6.45, 7) is 1.76. The van der Waals surface area contributed by atoms with Gasteiger partial charge in [0.1, 0.15) is 11.9 Å². The summed E-state index contributed by atoms with van der Waals surface area (Å²) in [5.74, 6) is 0.529. The van der Waals surface area contributed by atoms with Crippen molar-refractivity contribution in [1.29, 1.82) is 0 Å². The quantitative estimate of drug-likeness (QED) is 0.897. The van der Waals surface area contributed by atoms with Gasteiger partial charge >= 0.3 is 6.09 Å². The van der Waals surface area contributed by atoms with Crippen LogP contribution in [0.15, 0.2) is 34.9 Å². The number of aryl methyl sites for hydroxylation is 1. The van der Waals surface area contributed by atoms with Crippen LogP contribution in [0.25, 0.3) is 0 Å². The van der Waals surface area contributed by atoms with Gasteiger partial charge in [0.15, 0.2) is 0 Å². The minimum atomic E-state index is -0.568. The molecule has 1 unspecified atom stereocenters. The highest BCUT2D eigenvalue weighted by molar-refractivity contribution is 9.10. The molecular formula is C13H13BrClN3O2. The molecule has 0 spiro atoms. The van der Waals surface area contributed by atoms with Crippen LogP contribution in [0.1, 0.15) is 18.6 Å². The number of aromatic nitrogens is 2. The van der Waals surface area contributed by atoms with Crippen LogP contribution in [0.5, 0.6) is 0 Å². The third-order valence-corrected chi connectivity index (χ3v) is 3.67. The van der Waals surface area contributed by atoms with Gasteiger partial charge in [-0.15, -0.1) is 0 Å². The second-order valence-electron chi connectivity index (χ2n) is 4.16. The van der Waals surface area contributed by atoms with Crippen molar-refractivity contribution in [2.24, 2.45) is 7.05 Å². The van der Waals surface area contributed by atoms with Gasteiger partial charge in [0.2, 0.25) is 0 Å². The Morgan fingerprint density at radius 2 is 2.20 bits per heavy atom. The molecule has 1 aromatic heterocycles. The molecule has 1 aromatic carbocycles. The SMILES string of the molecule is CC(OC(=O)Nc1c(Br)cnn1C)c1ccccc1Cl. The van der Waals surface area contributed by atoms with Crippen LogP contribution in [0.4, 0.5) is 10.6 Å². The second kappa shape index (κ2) is 6.28. The maximum absolute atomic E-state index is 11.9. The molecule has 106 valence electrons. The molecule has 0 aliphatic rings. The standard InChI is InChI=1S/C13H13BrClN3O2/c1-8(9-5-3-4-6-11(9)15)20-13(19)17-12-10(14)7-16-18(12)2/h3-8H,1-2H3,(H,17,19). The van der Waals surface area contributed by atoms with Gasteiger partial charge in [-0.05, 0) is 28.9 Å². The van der Waals surface area contributed by atoms with E-state index in [9.17, 15) is 4.79 Å². The van der Waals surface area contributed by atoms with Crippen molar-refractivity contribution in [3.05, 3.63) is 45.5 Å². The summed E-state index contributed by atoms with van der Waals surface area (Å²) < 4.78 is 7.52. The second-order valence-corrected chi connectivity index (χ2v) is 5.42. The van der Waals surface area contributed by atoms with Crippen LogP contribution in [0, 0.1) is 0 Å². The van der Waals surface area contributed by atoms with E-state index in [0.29, 0.717) is 15.3 Å². The predicted octanol–water partition coefficient (Wildman–Crippen LogP) is 4.15. The summed E-state index contributed by atoms with van der Waals surface area (Å²) in [6.07, 6.45) is 0.574. The fourth-order valence-corrected chi connectivity index (χ4v) is 2.44. The number of benzene rings is 1. The molecule has 0 fully saturated rings. The number of carbonyl (C=O) groups is 1. The van der Waals surface area contributed by atoms with Crippen LogP contribution < -0.4 is 5.32 Å². The lowest BCUT2D eigenvalue weighted by Gasteiger charge is -2.15. The van der Waals surface area contributed by atoms with E-state index in [1.807, 2.05) is 18.2 Å². The molecule has 2 rings (SSSR count). The van der Waals surface area contributed by atoms with Crippen molar-refractivity contribution in [2.45, 2.75) is 13.0 Å². The van der Waals surface area contributed by atoms with Gasteiger partial charge in [-0.3, -0.25) is 10.00 Å². The van der Waals surface area contributed by atoms with E-state index in [0.717, 1.165) is 5.56 Å². The first kappa shape index (κ1) is 14.9. The summed E-state index contributed by atoms with van der Waals surface area (Å²) >= 11 is 9.36. The molecule has 0 aliphatic heterocycles.